The maximum absolute atomic E-state index is 13.5. The van der Waals surface area contributed by atoms with Gasteiger partial charge in [-0.05, 0) is 24.1 Å². The van der Waals surface area contributed by atoms with E-state index in [1.54, 1.807) is 18.2 Å². The molecular formula is C16H15FN2S. The predicted molar refractivity (Wildman–Crippen MR) is 79.7 cm³/mol. The average molecular weight is 286 g/mol. The molecule has 0 radical (unpaired) electrons. The highest BCUT2D eigenvalue weighted by molar-refractivity contribution is 7.99. The van der Waals surface area contributed by atoms with Crippen LogP contribution < -0.4 is 5.73 Å². The van der Waals surface area contributed by atoms with Gasteiger partial charge in [-0.3, -0.25) is 0 Å². The van der Waals surface area contributed by atoms with Gasteiger partial charge in [0, 0.05) is 10.6 Å². The number of thioether (sulfide) groups is 1. The van der Waals surface area contributed by atoms with Gasteiger partial charge in [-0.2, -0.15) is 5.26 Å². The average Bonchev–Trinajstić information content (AvgIpc) is 2.50. The van der Waals surface area contributed by atoms with Crippen molar-refractivity contribution >= 4 is 11.8 Å². The largest absolute Gasteiger partial charge is 0.310 e. The third-order valence-electron chi connectivity index (χ3n) is 3.08. The third-order valence-corrected chi connectivity index (χ3v) is 4.13. The molecule has 0 saturated heterocycles. The van der Waals surface area contributed by atoms with Crippen LogP contribution in [-0.4, -0.2) is 5.75 Å². The Kier molecular flexibility index (Phi) is 4.78. The van der Waals surface area contributed by atoms with Crippen molar-refractivity contribution in [3.8, 4) is 6.07 Å². The fraction of sp³-hybridized carbons (Fsp3) is 0.188. The first-order chi connectivity index (χ1) is 9.65. The highest BCUT2D eigenvalue weighted by atomic mass is 32.2. The lowest BCUT2D eigenvalue weighted by atomic mass is 9.90. The van der Waals surface area contributed by atoms with Crippen molar-refractivity contribution in [3.05, 3.63) is 66.0 Å². The minimum Gasteiger partial charge on any atom is -0.310 e. The summed E-state index contributed by atoms with van der Waals surface area (Å²) in [6.45, 7) is 0. The van der Waals surface area contributed by atoms with Gasteiger partial charge in [0.05, 0.1) is 6.07 Å². The van der Waals surface area contributed by atoms with Crippen LogP contribution in [0.15, 0.2) is 59.5 Å². The molecule has 4 heteroatoms. The summed E-state index contributed by atoms with van der Waals surface area (Å²) in [6.07, 6.45) is 0.465. The van der Waals surface area contributed by atoms with Crippen LogP contribution in [0.3, 0.4) is 0 Å². The molecule has 0 fully saturated rings. The molecule has 0 aliphatic carbocycles. The molecule has 20 heavy (non-hydrogen) atoms. The number of hydrogen-bond acceptors (Lipinski definition) is 3. The summed E-state index contributed by atoms with van der Waals surface area (Å²) in [7, 11) is 0. The zero-order valence-electron chi connectivity index (χ0n) is 10.9. The number of rotatable bonds is 5. The van der Waals surface area contributed by atoms with E-state index in [1.807, 2.05) is 30.3 Å². The van der Waals surface area contributed by atoms with E-state index in [0.717, 1.165) is 5.56 Å². The number of hydrogen-bond donors (Lipinski definition) is 1. The molecule has 0 aliphatic rings. The Labute approximate surface area is 122 Å². The number of nitrogens with two attached hydrogens (primary N) is 1. The number of nitriles is 1. The van der Waals surface area contributed by atoms with Gasteiger partial charge >= 0.3 is 0 Å². The van der Waals surface area contributed by atoms with E-state index in [9.17, 15) is 9.65 Å². The van der Waals surface area contributed by atoms with Crippen LogP contribution in [0.1, 0.15) is 12.0 Å². The second-order valence-electron chi connectivity index (χ2n) is 4.48. The van der Waals surface area contributed by atoms with E-state index >= 15 is 0 Å². The van der Waals surface area contributed by atoms with Crippen LogP contribution in [-0.2, 0) is 5.54 Å². The van der Waals surface area contributed by atoms with Crippen LogP contribution in [0.25, 0.3) is 0 Å². The molecule has 0 aliphatic heterocycles. The lowest BCUT2D eigenvalue weighted by Gasteiger charge is -2.21. The second-order valence-corrected chi connectivity index (χ2v) is 5.61. The summed E-state index contributed by atoms with van der Waals surface area (Å²) in [4.78, 5) is 0.584. The van der Waals surface area contributed by atoms with Crippen LogP contribution in [0.5, 0.6) is 0 Å². The third kappa shape index (κ3) is 3.38. The van der Waals surface area contributed by atoms with Crippen molar-refractivity contribution in [1.29, 1.82) is 5.26 Å². The van der Waals surface area contributed by atoms with Crippen molar-refractivity contribution in [3.63, 3.8) is 0 Å². The molecule has 0 spiro atoms. The first kappa shape index (κ1) is 14.6. The fourth-order valence-corrected chi connectivity index (χ4v) is 2.91. The molecule has 2 rings (SSSR count). The van der Waals surface area contributed by atoms with E-state index in [0.29, 0.717) is 17.1 Å². The quantitative estimate of drug-likeness (QED) is 0.853. The zero-order valence-corrected chi connectivity index (χ0v) is 11.7. The number of benzene rings is 2. The van der Waals surface area contributed by atoms with Gasteiger partial charge in [-0.15, -0.1) is 11.8 Å². The zero-order chi connectivity index (χ0) is 14.4. The van der Waals surface area contributed by atoms with Crippen molar-refractivity contribution in [2.45, 2.75) is 16.9 Å². The first-order valence-electron chi connectivity index (χ1n) is 6.29. The molecule has 2 aromatic rings. The maximum Gasteiger partial charge on any atom is 0.136 e. The number of nitrogens with zero attached hydrogens (tertiary/aromatic N) is 1. The normalized spacial score (nSPS) is 13.4. The SMILES string of the molecule is N#CC(N)(CCSc1ccccc1F)c1ccccc1. The molecule has 0 aromatic heterocycles. The van der Waals surface area contributed by atoms with Gasteiger partial charge in [0.1, 0.15) is 11.4 Å². The Morgan fingerprint density at radius 3 is 2.40 bits per heavy atom. The van der Waals surface area contributed by atoms with Crippen molar-refractivity contribution in [2.75, 3.05) is 5.75 Å². The highest BCUT2D eigenvalue weighted by Gasteiger charge is 2.26. The summed E-state index contributed by atoms with van der Waals surface area (Å²) in [5, 5.41) is 9.33. The Morgan fingerprint density at radius 2 is 1.75 bits per heavy atom. The minimum atomic E-state index is -1.03. The maximum atomic E-state index is 13.5. The summed E-state index contributed by atoms with van der Waals surface area (Å²) < 4.78 is 13.5. The van der Waals surface area contributed by atoms with Crippen LogP contribution in [0.2, 0.25) is 0 Å². The van der Waals surface area contributed by atoms with Gasteiger partial charge in [-0.25, -0.2) is 4.39 Å². The molecule has 0 saturated carbocycles. The Balaban J connectivity index is 2.02. The molecule has 0 amide bonds. The topological polar surface area (TPSA) is 49.8 Å². The van der Waals surface area contributed by atoms with Crippen LogP contribution in [0.4, 0.5) is 4.39 Å². The fourth-order valence-electron chi connectivity index (χ4n) is 1.88. The lowest BCUT2D eigenvalue weighted by molar-refractivity contribution is 0.559. The van der Waals surface area contributed by atoms with Crippen LogP contribution in [0, 0.1) is 17.1 Å². The van der Waals surface area contributed by atoms with Gasteiger partial charge in [0.15, 0.2) is 0 Å². The van der Waals surface area contributed by atoms with E-state index in [1.165, 1.54) is 17.8 Å². The molecule has 102 valence electrons. The standard InChI is InChI=1S/C16H15FN2S/c17-14-8-4-5-9-15(14)20-11-10-16(19,12-18)13-6-2-1-3-7-13/h1-9H,10-11,19H2. The predicted octanol–water partition coefficient (Wildman–Crippen LogP) is 3.69. The van der Waals surface area contributed by atoms with E-state index in [2.05, 4.69) is 6.07 Å². The van der Waals surface area contributed by atoms with Gasteiger partial charge in [0.25, 0.3) is 0 Å². The first-order valence-corrected chi connectivity index (χ1v) is 7.27. The summed E-state index contributed by atoms with van der Waals surface area (Å²) in [5.74, 6) is 0.344. The molecule has 2 N–H and O–H groups in total. The smallest absolute Gasteiger partial charge is 0.136 e. The van der Waals surface area contributed by atoms with Gasteiger partial charge in [-0.1, -0.05) is 42.5 Å². The highest BCUT2D eigenvalue weighted by Crippen LogP contribution is 2.27. The van der Waals surface area contributed by atoms with E-state index < -0.39 is 5.54 Å². The molecule has 0 heterocycles. The Hall–Kier alpha value is -1.83. The van der Waals surface area contributed by atoms with E-state index in [-0.39, 0.29) is 5.82 Å². The Bertz CT molecular complexity index is 609. The van der Waals surface area contributed by atoms with Crippen molar-refractivity contribution in [1.82, 2.24) is 0 Å². The van der Waals surface area contributed by atoms with Crippen molar-refractivity contribution in [2.24, 2.45) is 5.73 Å². The molecule has 0 bridgehead atoms. The van der Waals surface area contributed by atoms with Gasteiger partial charge < -0.3 is 5.73 Å². The molecular weight excluding hydrogens is 271 g/mol. The minimum absolute atomic E-state index is 0.239. The second kappa shape index (κ2) is 6.56. The monoisotopic (exact) mass is 286 g/mol. The lowest BCUT2D eigenvalue weighted by Crippen LogP contribution is -2.35. The Morgan fingerprint density at radius 1 is 1.10 bits per heavy atom. The summed E-state index contributed by atoms with van der Waals surface area (Å²) >= 11 is 1.38. The molecule has 2 nitrogen and oxygen atoms in total. The number of halogens is 1. The molecule has 1 unspecified atom stereocenters. The van der Waals surface area contributed by atoms with E-state index in [4.69, 9.17) is 5.73 Å². The molecule has 2 aromatic carbocycles. The summed E-state index contributed by atoms with van der Waals surface area (Å²) in [6, 6.07) is 18.1. The summed E-state index contributed by atoms with van der Waals surface area (Å²) in [5.41, 5.74) is 5.91. The van der Waals surface area contributed by atoms with Gasteiger partial charge in [0.2, 0.25) is 0 Å². The van der Waals surface area contributed by atoms with Crippen molar-refractivity contribution < 1.29 is 4.39 Å². The molecule has 1 atom stereocenters. The van der Waals surface area contributed by atoms with Crippen LogP contribution >= 0.6 is 11.8 Å².